The van der Waals surface area contributed by atoms with Gasteiger partial charge in [0.1, 0.15) is 0 Å². The van der Waals surface area contributed by atoms with Crippen LogP contribution in [0.25, 0.3) is 0 Å². The number of rotatable bonds is 8. The molecule has 2 N–H and O–H groups in total. The molecule has 110 valence electrons. The van der Waals surface area contributed by atoms with Crippen molar-refractivity contribution in [2.24, 2.45) is 11.7 Å². The molecular weight excluding hydrogens is 270 g/mol. The van der Waals surface area contributed by atoms with Crippen molar-refractivity contribution in [3.05, 3.63) is 30.1 Å². The minimum atomic E-state index is 0.0602. The first-order chi connectivity index (χ1) is 9.58. The van der Waals surface area contributed by atoms with Gasteiger partial charge in [-0.2, -0.15) is 0 Å². The molecule has 0 fully saturated rings. The summed E-state index contributed by atoms with van der Waals surface area (Å²) in [5, 5.41) is 0. The van der Waals surface area contributed by atoms with Gasteiger partial charge in [-0.3, -0.25) is 9.78 Å². The highest BCUT2D eigenvalue weighted by molar-refractivity contribution is 7.80. The average molecular weight is 293 g/mol. The Morgan fingerprint density at radius 3 is 2.60 bits per heavy atom. The quantitative estimate of drug-likeness (QED) is 0.748. The zero-order valence-electron chi connectivity index (χ0n) is 12.2. The SMILES string of the molecule is CCC(CC)C(=O)N(CCC(N)=S)Cc1ccccn1. The van der Waals surface area contributed by atoms with Crippen molar-refractivity contribution in [1.82, 2.24) is 9.88 Å². The number of nitrogens with zero attached hydrogens (tertiary/aromatic N) is 2. The number of nitrogens with two attached hydrogens (primary N) is 1. The Hall–Kier alpha value is -1.49. The van der Waals surface area contributed by atoms with E-state index < -0.39 is 0 Å². The Kier molecular flexibility index (Phi) is 7.15. The second-order valence-electron chi connectivity index (χ2n) is 4.81. The summed E-state index contributed by atoms with van der Waals surface area (Å²) < 4.78 is 0. The Morgan fingerprint density at radius 2 is 2.10 bits per heavy atom. The lowest BCUT2D eigenvalue weighted by Gasteiger charge is -2.26. The van der Waals surface area contributed by atoms with Crippen LogP contribution in [0.15, 0.2) is 24.4 Å². The maximum atomic E-state index is 12.5. The second-order valence-corrected chi connectivity index (χ2v) is 5.33. The number of carbonyl (C=O) groups is 1. The van der Waals surface area contributed by atoms with E-state index in [-0.39, 0.29) is 11.8 Å². The number of hydrogen-bond donors (Lipinski definition) is 1. The van der Waals surface area contributed by atoms with Crippen LogP contribution in [0.1, 0.15) is 38.8 Å². The Labute approximate surface area is 126 Å². The van der Waals surface area contributed by atoms with Crippen molar-refractivity contribution in [2.45, 2.75) is 39.7 Å². The third kappa shape index (κ3) is 5.25. The van der Waals surface area contributed by atoms with Crippen molar-refractivity contribution in [3.63, 3.8) is 0 Å². The topological polar surface area (TPSA) is 59.2 Å². The third-order valence-corrected chi connectivity index (χ3v) is 3.56. The fourth-order valence-corrected chi connectivity index (χ4v) is 2.19. The summed E-state index contributed by atoms with van der Waals surface area (Å²) in [6.45, 7) is 5.15. The highest BCUT2D eigenvalue weighted by Gasteiger charge is 2.21. The molecule has 0 aliphatic carbocycles. The molecule has 0 saturated heterocycles. The predicted molar refractivity (Wildman–Crippen MR) is 85.1 cm³/mol. The lowest BCUT2D eigenvalue weighted by Crippen LogP contribution is -2.37. The van der Waals surface area contributed by atoms with E-state index in [2.05, 4.69) is 4.98 Å². The minimum absolute atomic E-state index is 0.0602. The molecule has 4 nitrogen and oxygen atoms in total. The molecule has 0 aliphatic heterocycles. The van der Waals surface area contributed by atoms with Gasteiger partial charge in [-0.15, -0.1) is 0 Å². The van der Waals surface area contributed by atoms with Crippen molar-refractivity contribution < 1.29 is 4.79 Å². The van der Waals surface area contributed by atoms with E-state index in [1.807, 2.05) is 36.9 Å². The highest BCUT2D eigenvalue weighted by atomic mass is 32.1. The first-order valence-corrected chi connectivity index (χ1v) is 7.46. The molecule has 1 heterocycles. The van der Waals surface area contributed by atoms with Crippen molar-refractivity contribution in [2.75, 3.05) is 6.54 Å². The molecule has 1 amide bonds. The standard InChI is InChI=1S/C15H23N3OS/c1-3-12(4-2)15(19)18(10-8-14(16)20)11-13-7-5-6-9-17-13/h5-7,9,12H,3-4,8,10-11H2,1-2H3,(H2,16,20). The Bertz CT molecular complexity index is 432. The van der Waals surface area contributed by atoms with Crippen LogP contribution >= 0.6 is 12.2 Å². The largest absolute Gasteiger partial charge is 0.393 e. The van der Waals surface area contributed by atoms with Crippen LogP contribution in [0, 0.1) is 5.92 Å². The van der Waals surface area contributed by atoms with E-state index in [0.29, 0.717) is 24.5 Å². The van der Waals surface area contributed by atoms with Crippen LogP contribution in [-0.4, -0.2) is 27.3 Å². The smallest absolute Gasteiger partial charge is 0.226 e. The fraction of sp³-hybridized carbons (Fsp3) is 0.533. The van der Waals surface area contributed by atoms with Crippen molar-refractivity contribution >= 4 is 23.1 Å². The van der Waals surface area contributed by atoms with Crippen LogP contribution < -0.4 is 5.73 Å². The van der Waals surface area contributed by atoms with Gasteiger partial charge in [-0.1, -0.05) is 32.1 Å². The summed E-state index contributed by atoms with van der Waals surface area (Å²) in [5.74, 6) is 0.224. The molecule has 20 heavy (non-hydrogen) atoms. The van der Waals surface area contributed by atoms with E-state index in [4.69, 9.17) is 18.0 Å². The van der Waals surface area contributed by atoms with E-state index in [1.165, 1.54) is 0 Å². The zero-order valence-corrected chi connectivity index (χ0v) is 13.0. The minimum Gasteiger partial charge on any atom is -0.393 e. The van der Waals surface area contributed by atoms with Gasteiger partial charge in [-0.25, -0.2) is 0 Å². The van der Waals surface area contributed by atoms with Gasteiger partial charge >= 0.3 is 0 Å². The number of hydrogen-bond acceptors (Lipinski definition) is 3. The number of aromatic nitrogens is 1. The highest BCUT2D eigenvalue weighted by Crippen LogP contribution is 2.14. The summed E-state index contributed by atoms with van der Waals surface area (Å²) in [4.78, 5) is 19.1. The fourth-order valence-electron chi connectivity index (χ4n) is 2.10. The van der Waals surface area contributed by atoms with Crippen LogP contribution in [0.5, 0.6) is 0 Å². The second kappa shape index (κ2) is 8.64. The number of carbonyl (C=O) groups excluding carboxylic acids is 1. The molecule has 0 aromatic carbocycles. The first-order valence-electron chi connectivity index (χ1n) is 7.05. The normalized spacial score (nSPS) is 10.6. The number of pyridine rings is 1. The van der Waals surface area contributed by atoms with Crippen molar-refractivity contribution in [1.29, 1.82) is 0 Å². The van der Waals surface area contributed by atoms with Crippen molar-refractivity contribution in [3.8, 4) is 0 Å². The lowest BCUT2D eigenvalue weighted by atomic mass is 10.0. The van der Waals surface area contributed by atoms with Gasteiger partial charge in [0.15, 0.2) is 0 Å². The summed E-state index contributed by atoms with van der Waals surface area (Å²) >= 11 is 4.91. The maximum Gasteiger partial charge on any atom is 0.226 e. The van der Waals surface area contributed by atoms with Crippen LogP contribution in [0.4, 0.5) is 0 Å². The first kappa shape index (κ1) is 16.6. The average Bonchev–Trinajstić information content (AvgIpc) is 2.45. The molecule has 5 heteroatoms. The van der Waals surface area contributed by atoms with E-state index in [9.17, 15) is 4.79 Å². The number of thiocarbonyl (C=S) groups is 1. The molecule has 1 aromatic heterocycles. The van der Waals surface area contributed by atoms with Gasteiger partial charge in [0.25, 0.3) is 0 Å². The van der Waals surface area contributed by atoms with E-state index >= 15 is 0 Å². The Morgan fingerprint density at radius 1 is 1.40 bits per heavy atom. The Balaban J connectivity index is 2.78. The molecule has 0 spiro atoms. The van der Waals surface area contributed by atoms with Crippen LogP contribution in [0.2, 0.25) is 0 Å². The maximum absolute atomic E-state index is 12.5. The molecule has 0 aliphatic rings. The molecule has 0 saturated carbocycles. The predicted octanol–water partition coefficient (Wildman–Crippen LogP) is 2.52. The summed E-state index contributed by atoms with van der Waals surface area (Å²) in [6, 6.07) is 5.72. The molecule has 1 aromatic rings. The molecule has 0 atom stereocenters. The van der Waals surface area contributed by atoms with Crippen LogP contribution in [0.3, 0.4) is 0 Å². The van der Waals surface area contributed by atoms with Gasteiger partial charge in [0.2, 0.25) is 5.91 Å². The summed E-state index contributed by atoms with van der Waals surface area (Å²) in [7, 11) is 0. The van der Waals surface area contributed by atoms with Gasteiger partial charge in [-0.05, 0) is 25.0 Å². The molecule has 0 radical (unpaired) electrons. The molecule has 0 bridgehead atoms. The molecular formula is C15H23N3OS. The van der Waals surface area contributed by atoms with Gasteiger partial charge < -0.3 is 10.6 Å². The van der Waals surface area contributed by atoms with E-state index in [1.54, 1.807) is 6.20 Å². The summed E-state index contributed by atoms with van der Waals surface area (Å²) in [5.41, 5.74) is 6.44. The monoisotopic (exact) mass is 293 g/mol. The zero-order chi connectivity index (χ0) is 15.0. The van der Waals surface area contributed by atoms with Crippen LogP contribution in [-0.2, 0) is 11.3 Å². The lowest BCUT2D eigenvalue weighted by molar-refractivity contribution is -0.136. The van der Waals surface area contributed by atoms with Gasteiger partial charge in [0, 0.05) is 25.1 Å². The van der Waals surface area contributed by atoms with Gasteiger partial charge in [0.05, 0.1) is 17.2 Å². The molecule has 1 rings (SSSR count). The molecule has 0 unspecified atom stereocenters. The van der Waals surface area contributed by atoms with E-state index in [0.717, 1.165) is 18.5 Å². The third-order valence-electron chi connectivity index (χ3n) is 3.35. The number of amides is 1. The summed E-state index contributed by atoms with van der Waals surface area (Å²) in [6.07, 6.45) is 3.99.